The zero-order valence-electron chi connectivity index (χ0n) is 10.6. The van der Waals surface area contributed by atoms with Crippen LogP contribution < -0.4 is 10.6 Å². The largest absolute Gasteiger partial charge is 0.344 e. The highest BCUT2D eigenvalue weighted by atomic mass is 32.1. The molecule has 5 heteroatoms. The lowest BCUT2D eigenvalue weighted by atomic mass is 10.3. The number of rotatable bonds is 6. The van der Waals surface area contributed by atoms with Crippen LogP contribution in [0.5, 0.6) is 0 Å². The van der Waals surface area contributed by atoms with E-state index >= 15 is 0 Å². The maximum absolute atomic E-state index is 5.58. The van der Waals surface area contributed by atoms with E-state index in [1.807, 2.05) is 5.38 Å². The quantitative estimate of drug-likeness (QED) is 0.818. The van der Waals surface area contributed by atoms with Gasteiger partial charge >= 0.3 is 0 Å². The number of nitrogens with zero attached hydrogens (tertiary/aromatic N) is 3. The molecule has 0 amide bonds. The summed E-state index contributed by atoms with van der Waals surface area (Å²) in [6.45, 7) is 6.93. The second-order valence-electron chi connectivity index (χ2n) is 4.22. The molecule has 1 atom stereocenters. The van der Waals surface area contributed by atoms with Gasteiger partial charge in [0.15, 0.2) is 5.13 Å². The Morgan fingerprint density at radius 3 is 2.62 bits per heavy atom. The van der Waals surface area contributed by atoms with Gasteiger partial charge in [0, 0.05) is 31.1 Å². The number of anilines is 1. The third kappa shape index (κ3) is 3.43. The number of nitrogens with two attached hydrogens (primary N) is 1. The molecule has 0 aliphatic heterocycles. The topological polar surface area (TPSA) is 45.4 Å². The van der Waals surface area contributed by atoms with E-state index < -0.39 is 0 Å². The van der Waals surface area contributed by atoms with E-state index in [1.54, 1.807) is 11.3 Å². The monoisotopic (exact) mass is 242 g/mol. The highest BCUT2D eigenvalue weighted by Gasteiger charge is 2.16. The number of aromatic nitrogens is 1. The van der Waals surface area contributed by atoms with Crippen LogP contribution in [0.1, 0.15) is 19.5 Å². The van der Waals surface area contributed by atoms with Crippen molar-refractivity contribution in [3.63, 3.8) is 0 Å². The Morgan fingerprint density at radius 2 is 2.19 bits per heavy atom. The molecule has 1 aromatic rings. The van der Waals surface area contributed by atoms with Gasteiger partial charge in [0.1, 0.15) is 0 Å². The highest BCUT2D eigenvalue weighted by Crippen LogP contribution is 2.22. The summed E-state index contributed by atoms with van der Waals surface area (Å²) in [7, 11) is 4.19. The van der Waals surface area contributed by atoms with Crippen molar-refractivity contribution in [1.29, 1.82) is 0 Å². The highest BCUT2D eigenvalue weighted by molar-refractivity contribution is 7.13. The van der Waals surface area contributed by atoms with Crippen molar-refractivity contribution in [2.24, 2.45) is 5.73 Å². The number of hydrogen-bond acceptors (Lipinski definition) is 5. The Kier molecular flexibility index (Phi) is 5.18. The zero-order valence-corrected chi connectivity index (χ0v) is 11.4. The number of thiazole rings is 1. The molecule has 4 nitrogen and oxygen atoms in total. The second kappa shape index (κ2) is 6.18. The van der Waals surface area contributed by atoms with Crippen LogP contribution in [0.4, 0.5) is 5.13 Å². The fourth-order valence-electron chi connectivity index (χ4n) is 1.78. The summed E-state index contributed by atoms with van der Waals surface area (Å²) < 4.78 is 0. The molecule has 0 spiro atoms. The van der Waals surface area contributed by atoms with Gasteiger partial charge in [0.2, 0.25) is 0 Å². The van der Waals surface area contributed by atoms with E-state index in [-0.39, 0.29) is 0 Å². The molecule has 1 unspecified atom stereocenters. The fourth-order valence-corrected chi connectivity index (χ4v) is 2.79. The third-order valence-corrected chi connectivity index (χ3v) is 3.42. The summed E-state index contributed by atoms with van der Waals surface area (Å²) in [5.41, 5.74) is 6.56. The van der Waals surface area contributed by atoms with Crippen LogP contribution in [0.2, 0.25) is 0 Å². The lowest BCUT2D eigenvalue weighted by Crippen LogP contribution is -2.40. The molecule has 0 saturated carbocycles. The van der Waals surface area contributed by atoms with Gasteiger partial charge in [-0.25, -0.2) is 4.98 Å². The molecular formula is C11H22N4S. The molecule has 0 fully saturated rings. The van der Waals surface area contributed by atoms with E-state index in [1.165, 1.54) is 0 Å². The van der Waals surface area contributed by atoms with Gasteiger partial charge in [0.05, 0.1) is 5.69 Å². The average molecular weight is 242 g/mol. The first kappa shape index (κ1) is 13.4. The molecule has 1 heterocycles. The van der Waals surface area contributed by atoms with Crippen LogP contribution >= 0.6 is 11.3 Å². The third-order valence-electron chi connectivity index (χ3n) is 2.50. The molecular weight excluding hydrogens is 220 g/mol. The normalized spacial score (nSPS) is 13.1. The maximum Gasteiger partial charge on any atom is 0.185 e. The minimum absolute atomic E-state index is 0.469. The van der Waals surface area contributed by atoms with Gasteiger partial charge in [-0.2, -0.15) is 0 Å². The van der Waals surface area contributed by atoms with Crippen LogP contribution in [0.25, 0.3) is 0 Å². The Labute approximate surface area is 102 Å². The first-order valence-electron chi connectivity index (χ1n) is 5.64. The predicted molar refractivity (Wildman–Crippen MR) is 71.0 cm³/mol. The van der Waals surface area contributed by atoms with Gasteiger partial charge in [-0.15, -0.1) is 11.3 Å². The molecule has 0 aliphatic carbocycles. The van der Waals surface area contributed by atoms with E-state index in [0.717, 1.165) is 23.9 Å². The molecule has 2 N–H and O–H groups in total. The Balaban J connectivity index is 2.72. The van der Waals surface area contributed by atoms with Crippen LogP contribution in [-0.2, 0) is 6.54 Å². The summed E-state index contributed by atoms with van der Waals surface area (Å²) in [6.07, 6.45) is 0. The Bertz CT molecular complexity index is 311. The van der Waals surface area contributed by atoms with Crippen LogP contribution in [0.3, 0.4) is 0 Å². The molecule has 16 heavy (non-hydrogen) atoms. The molecule has 0 radical (unpaired) electrons. The molecule has 92 valence electrons. The maximum atomic E-state index is 5.58. The van der Waals surface area contributed by atoms with Gasteiger partial charge < -0.3 is 15.5 Å². The van der Waals surface area contributed by atoms with Crippen LogP contribution in [0.15, 0.2) is 5.38 Å². The molecule has 0 bridgehead atoms. The fraction of sp³-hybridized carbons (Fsp3) is 0.727. The van der Waals surface area contributed by atoms with Gasteiger partial charge in [-0.1, -0.05) is 0 Å². The second-order valence-corrected chi connectivity index (χ2v) is 5.06. The average Bonchev–Trinajstić information content (AvgIpc) is 2.66. The molecule has 1 aromatic heterocycles. The first-order chi connectivity index (χ1) is 7.58. The number of hydrogen-bond donors (Lipinski definition) is 1. The first-order valence-corrected chi connectivity index (χ1v) is 6.52. The van der Waals surface area contributed by atoms with Crippen molar-refractivity contribution >= 4 is 16.5 Å². The molecule has 0 aliphatic rings. The van der Waals surface area contributed by atoms with Crippen molar-refractivity contribution in [3.05, 3.63) is 11.1 Å². The summed E-state index contributed by atoms with van der Waals surface area (Å²) in [5, 5.41) is 3.12. The van der Waals surface area contributed by atoms with Crippen molar-refractivity contribution in [1.82, 2.24) is 9.88 Å². The van der Waals surface area contributed by atoms with Gasteiger partial charge in [0.25, 0.3) is 0 Å². The molecule has 0 saturated heterocycles. The smallest absolute Gasteiger partial charge is 0.185 e. The van der Waals surface area contributed by atoms with E-state index in [9.17, 15) is 0 Å². The summed E-state index contributed by atoms with van der Waals surface area (Å²) in [6, 6.07) is 0.469. The van der Waals surface area contributed by atoms with Crippen LogP contribution in [0, 0.1) is 0 Å². The van der Waals surface area contributed by atoms with Gasteiger partial charge in [-0.3, -0.25) is 0 Å². The lowest BCUT2D eigenvalue weighted by molar-refractivity contribution is 0.373. The van der Waals surface area contributed by atoms with Crippen molar-refractivity contribution in [2.45, 2.75) is 26.4 Å². The summed E-state index contributed by atoms with van der Waals surface area (Å²) in [5.74, 6) is 0. The number of likely N-dealkylation sites (N-methyl/N-ethyl adjacent to an activating group) is 2. The van der Waals surface area contributed by atoms with Crippen molar-refractivity contribution in [2.75, 3.05) is 32.1 Å². The zero-order chi connectivity index (χ0) is 12.1. The van der Waals surface area contributed by atoms with E-state index in [4.69, 9.17) is 5.73 Å². The van der Waals surface area contributed by atoms with E-state index in [0.29, 0.717) is 12.6 Å². The Morgan fingerprint density at radius 1 is 1.50 bits per heavy atom. The summed E-state index contributed by atoms with van der Waals surface area (Å²) >= 11 is 1.68. The van der Waals surface area contributed by atoms with Crippen LogP contribution in [-0.4, -0.2) is 43.1 Å². The Hall–Kier alpha value is -0.650. The van der Waals surface area contributed by atoms with Gasteiger partial charge in [-0.05, 0) is 27.9 Å². The SMILES string of the molecule is CCN(c1nc(CN)cs1)C(C)CN(C)C. The van der Waals surface area contributed by atoms with Crippen molar-refractivity contribution < 1.29 is 0 Å². The molecule has 1 rings (SSSR count). The molecule has 0 aromatic carbocycles. The minimum Gasteiger partial charge on any atom is -0.344 e. The standard InChI is InChI=1S/C11H22N4S/c1-5-15(9(2)7-14(3)4)11-13-10(6-12)8-16-11/h8-9H,5-7,12H2,1-4H3. The minimum atomic E-state index is 0.469. The van der Waals surface area contributed by atoms with Crippen molar-refractivity contribution in [3.8, 4) is 0 Å². The predicted octanol–water partition coefficient (Wildman–Crippen LogP) is 1.38. The van der Waals surface area contributed by atoms with E-state index in [2.05, 4.69) is 42.7 Å². The summed E-state index contributed by atoms with van der Waals surface area (Å²) in [4.78, 5) is 9.05. The lowest BCUT2D eigenvalue weighted by Gasteiger charge is -2.29.